The summed E-state index contributed by atoms with van der Waals surface area (Å²) in [6.07, 6.45) is 1.88. The van der Waals surface area contributed by atoms with Crippen LogP contribution in [0.1, 0.15) is 40.5 Å². The topological polar surface area (TPSA) is 110 Å². The summed E-state index contributed by atoms with van der Waals surface area (Å²) >= 11 is 0. The van der Waals surface area contributed by atoms with Gasteiger partial charge in [0.1, 0.15) is 16.9 Å². The minimum atomic E-state index is -0.459. The van der Waals surface area contributed by atoms with Crippen LogP contribution in [0, 0.1) is 0 Å². The normalized spacial score (nSPS) is 16.3. The lowest BCUT2D eigenvalue weighted by Gasteiger charge is -2.11. The first-order valence-corrected chi connectivity index (χ1v) is 10.5. The Morgan fingerprint density at radius 1 is 1.22 bits per heavy atom. The van der Waals surface area contributed by atoms with Gasteiger partial charge in [-0.15, -0.1) is 0 Å². The number of carbonyl (C=O) groups is 2. The Labute approximate surface area is 184 Å². The van der Waals surface area contributed by atoms with Gasteiger partial charge in [-0.25, -0.2) is 9.79 Å². The second-order valence-electron chi connectivity index (χ2n) is 7.42. The van der Waals surface area contributed by atoms with Crippen LogP contribution in [-0.2, 0) is 9.47 Å². The summed E-state index contributed by atoms with van der Waals surface area (Å²) in [6.45, 7) is 3.09. The van der Waals surface area contributed by atoms with Gasteiger partial charge >= 0.3 is 5.97 Å². The number of aromatic hydroxyl groups is 1. The van der Waals surface area contributed by atoms with E-state index in [0.29, 0.717) is 35.4 Å². The molecule has 1 amide bonds. The van der Waals surface area contributed by atoms with E-state index >= 15 is 0 Å². The second kappa shape index (κ2) is 9.65. The molecule has 2 heterocycles. The lowest BCUT2D eigenvalue weighted by Crippen LogP contribution is -2.34. The van der Waals surface area contributed by atoms with Crippen molar-refractivity contribution in [2.45, 2.75) is 25.9 Å². The minimum Gasteiger partial charge on any atom is -0.508 e. The number of phenolic OH excluding ortho intramolecular Hbond substituents is 1. The number of rotatable bonds is 6. The van der Waals surface area contributed by atoms with Crippen LogP contribution in [0.2, 0.25) is 0 Å². The second-order valence-corrected chi connectivity index (χ2v) is 7.42. The summed E-state index contributed by atoms with van der Waals surface area (Å²) in [7, 11) is 0. The van der Waals surface area contributed by atoms with E-state index in [0.717, 1.165) is 12.8 Å². The maximum atomic E-state index is 13.0. The highest BCUT2D eigenvalue weighted by Gasteiger charge is 2.19. The van der Waals surface area contributed by atoms with Crippen LogP contribution in [0.15, 0.2) is 57.9 Å². The molecule has 32 heavy (non-hydrogen) atoms. The molecule has 0 saturated carbocycles. The zero-order valence-corrected chi connectivity index (χ0v) is 17.7. The monoisotopic (exact) mass is 436 g/mol. The molecule has 8 nitrogen and oxygen atoms in total. The van der Waals surface area contributed by atoms with E-state index in [1.54, 1.807) is 43.3 Å². The third-order valence-electron chi connectivity index (χ3n) is 5.08. The van der Waals surface area contributed by atoms with Crippen molar-refractivity contribution in [1.29, 1.82) is 0 Å². The fourth-order valence-electron chi connectivity index (χ4n) is 3.49. The average molecular weight is 436 g/mol. The fraction of sp³-hybridized carbons (Fsp3) is 0.292. The lowest BCUT2D eigenvalue weighted by molar-refractivity contribution is 0.0526. The van der Waals surface area contributed by atoms with Gasteiger partial charge in [-0.1, -0.05) is 6.07 Å². The van der Waals surface area contributed by atoms with Gasteiger partial charge in [0.15, 0.2) is 0 Å². The highest BCUT2D eigenvalue weighted by molar-refractivity contribution is 5.96. The quantitative estimate of drug-likeness (QED) is 0.573. The first-order valence-electron chi connectivity index (χ1n) is 10.5. The summed E-state index contributed by atoms with van der Waals surface area (Å²) in [6, 6.07) is 12.9. The van der Waals surface area contributed by atoms with Crippen LogP contribution in [0.5, 0.6) is 5.75 Å². The maximum absolute atomic E-state index is 13.0. The van der Waals surface area contributed by atoms with Gasteiger partial charge in [-0.2, -0.15) is 0 Å². The number of phenols is 1. The Bertz CT molecular complexity index is 1210. The van der Waals surface area contributed by atoms with Crippen LogP contribution in [0.3, 0.4) is 0 Å². The zero-order chi connectivity index (χ0) is 22.5. The molecular weight excluding hydrogens is 412 g/mol. The highest BCUT2D eigenvalue weighted by Crippen LogP contribution is 2.21. The number of nitrogens with one attached hydrogen (secondary N) is 1. The van der Waals surface area contributed by atoms with Crippen molar-refractivity contribution in [1.82, 2.24) is 5.32 Å². The number of ether oxygens (including phenoxy) is 2. The number of amides is 1. The van der Waals surface area contributed by atoms with E-state index in [2.05, 4.69) is 10.3 Å². The Hall–Kier alpha value is -3.65. The van der Waals surface area contributed by atoms with Gasteiger partial charge in [-0.05, 0) is 56.2 Å². The number of hydrogen-bond donors (Lipinski definition) is 2. The highest BCUT2D eigenvalue weighted by atomic mass is 16.5. The van der Waals surface area contributed by atoms with E-state index in [1.165, 1.54) is 12.1 Å². The predicted octanol–water partition coefficient (Wildman–Crippen LogP) is 3.46. The predicted molar refractivity (Wildman–Crippen MR) is 117 cm³/mol. The van der Waals surface area contributed by atoms with Crippen LogP contribution in [-0.4, -0.2) is 42.8 Å². The molecule has 3 aromatic rings. The molecule has 1 aromatic heterocycles. The third kappa shape index (κ3) is 4.97. The van der Waals surface area contributed by atoms with Gasteiger partial charge in [0.05, 0.1) is 24.0 Å². The average Bonchev–Trinajstić information content (AvgIpc) is 3.31. The standard InChI is InChI=1S/C24H24N2O6/c1-2-30-24(29)16-5-3-6-17(11-16)26-23-20(22(28)25-14-19-7-4-10-31-19)12-15-8-9-18(27)13-21(15)32-23/h3,5-6,8-9,11-13,19,27H,2,4,7,10,14H2,1H3,(H,25,28). The van der Waals surface area contributed by atoms with Crippen LogP contribution in [0.25, 0.3) is 11.0 Å². The Morgan fingerprint density at radius 3 is 2.88 bits per heavy atom. The lowest BCUT2D eigenvalue weighted by atomic mass is 10.1. The van der Waals surface area contributed by atoms with Gasteiger partial charge in [-0.3, -0.25) is 4.79 Å². The molecule has 0 radical (unpaired) electrons. The van der Waals surface area contributed by atoms with E-state index in [4.69, 9.17) is 13.9 Å². The molecule has 0 aliphatic carbocycles. The van der Waals surface area contributed by atoms with Gasteiger partial charge in [0.2, 0.25) is 5.55 Å². The number of esters is 1. The van der Waals surface area contributed by atoms with Crippen molar-refractivity contribution in [3.8, 4) is 5.75 Å². The molecule has 1 unspecified atom stereocenters. The van der Waals surface area contributed by atoms with E-state index in [9.17, 15) is 14.7 Å². The molecule has 1 saturated heterocycles. The molecule has 1 aliphatic heterocycles. The number of nitrogens with zero attached hydrogens (tertiary/aromatic N) is 1. The van der Waals surface area contributed by atoms with E-state index in [1.807, 2.05) is 0 Å². The fourth-order valence-corrected chi connectivity index (χ4v) is 3.49. The first-order chi connectivity index (χ1) is 15.5. The minimum absolute atomic E-state index is 0.00468. The van der Waals surface area contributed by atoms with Crippen molar-refractivity contribution in [2.24, 2.45) is 4.99 Å². The molecule has 0 spiro atoms. The van der Waals surface area contributed by atoms with Crippen molar-refractivity contribution in [3.63, 3.8) is 0 Å². The Kier molecular flexibility index (Phi) is 6.51. The molecule has 2 aromatic carbocycles. The molecular formula is C24H24N2O6. The molecule has 8 heteroatoms. The summed E-state index contributed by atoms with van der Waals surface area (Å²) in [5.74, 6) is -0.772. The molecule has 0 bridgehead atoms. The smallest absolute Gasteiger partial charge is 0.338 e. The largest absolute Gasteiger partial charge is 0.508 e. The maximum Gasteiger partial charge on any atom is 0.338 e. The summed E-state index contributed by atoms with van der Waals surface area (Å²) in [5, 5.41) is 13.3. The van der Waals surface area contributed by atoms with Gasteiger partial charge in [0.25, 0.3) is 5.91 Å². The van der Waals surface area contributed by atoms with Crippen molar-refractivity contribution < 1.29 is 28.6 Å². The van der Waals surface area contributed by atoms with Gasteiger partial charge < -0.3 is 24.3 Å². The number of carbonyl (C=O) groups excluding carboxylic acids is 2. The molecule has 1 aliphatic rings. The first kappa shape index (κ1) is 21.6. The third-order valence-corrected chi connectivity index (χ3v) is 5.08. The summed E-state index contributed by atoms with van der Waals surface area (Å²) in [4.78, 5) is 29.5. The van der Waals surface area contributed by atoms with E-state index in [-0.39, 0.29) is 35.5 Å². The molecule has 1 fully saturated rings. The molecule has 4 rings (SSSR count). The summed E-state index contributed by atoms with van der Waals surface area (Å²) < 4.78 is 16.5. The summed E-state index contributed by atoms with van der Waals surface area (Å²) in [5.41, 5.74) is 1.44. The van der Waals surface area contributed by atoms with Crippen LogP contribution < -0.4 is 10.9 Å². The van der Waals surface area contributed by atoms with Crippen molar-refractivity contribution in [2.75, 3.05) is 19.8 Å². The molecule has 166 valence electrons. The Balaban J connectivity index is 1.74. The van der Waals surface area contributed by atoms with Crippen molar-refractivity contribution >= 4 is 28.5 Å². The van der Waals surface area contributed by atoms with Gasteiger partial charge in [0, 0.05) is 24.6 Å². The van der Waals surface area contributed by atoms with Crippen molar-refractivity contribution in [3.05, 3.63) is 65.2 Å². The van der Waals surface area contributed by atoms with E-state index < -0.39 is 5.97 Å². The Morgan fingerprint density at radius 2 is 2.09 bits per heavy atom. The van der Waals surface area contributed by atoms with Crippen LogP contribution in [0.4, 0.5) is 5.69 Å². The molecule has 2 N–H and O–H groups in total. The number of benzene rings is 2. The number of fused-ring (bicyclic) bond motifs is 1. The molecule has 1 atom stereocenters. The van der Waals surface area contributed by atoms with Crippen LogP contribution >= 0.6 is 0 Å². The SMILES string of the molecule is CCOC(=O)c1cccc(N=c2oc3cc(O)ccc3cc2C(=O)NCC2CCCO2)c1. The number of hydrogen-bond acceptors (Lipinski definition) is 7. The zero-order valence-electron chi connectivity index (χ0n) is 17.7.